The number of hydrogen-bond acceptors (Lipinski definition) is 1. The number of imidazole rings is 1. The first-order chi connectivity index (χ1) is 14.0. The molecule has 0 N–H and O–H groups in total. The molecule has 0 fully saturated rings. The van der Waals surface area contributed by atoms with E-state index in [0.717, 1.165) is 11.2 Å². The molecule has 2 heteroatoms. The lowest BCUT2D eigenvalue weighted by Crippen LogP contribution is -2.16. The number of unbranched alkanes of at least 4 members (excludes halogenated alkanes) is 1. The zero-order chi connectivity index (χ0) is 22.0. The maximum absolute atomic E-state index is 4.88. The minimum absolute atomic E-state index is 0.0613. The van der Waals surface area contributed by atoms with Crippen LogP contribution in [0.15, 0.2) is 67.8 Å². The fourth-order valence-electron chi connectivity index (χ4n) is 3.04. The van der Waals surface area contributed by atoms with E-state index in [2.05, 4.69) is 101 Å². The summed E-state index contributed by atoms with van der Waals surface area (Å²) >= 11 is 0. The topological polar surface area (TPSA) is 17.3 Å². The summed E-state index contributed by atoms with van der Waals surface area (Å²) in [6.07, 6.45) is 2.64. The highest BCUT2D eigenvalue weighted by Crippen LogP contribution is 2.32. The molecule has 0 atom stereocenters. The van der Waals surface area contributed by atoms with Gasteiger partial charge in [0, 0.05) is 16.5 Å². The number of fused-ring (bicyclic) bond motifs is 5. The first-order valence-electron chi connectivity index (χ1n) is 10.8. The minimum atomic E-state index is 0.0613. The largest absolute Gasteiger partial charge is 0.296 e. The second kappa shape index (κ2) is 11.4. The number of benzene rings is 2. The lowest BCUT2D eigenvalue weighted by Gasteiger charge is -2.22. The standard InChI is InChI=1S/C19H18N2.C4H10.C2H6.C2H4/c1-19(2,3)17-12-13-8-4-5-9-14(13)18-20-15-10-6-7-11-16(15)21(17)18;1-3-4-2;2*1-2/h4-12H,1-3H3;3-4H2,1-2H3;1-2H3;1-2H2. The van der Waals surface area contributed by atoms with Crippen molar-refractivity contribution in [1.29, 1.82) is 0 Å². The first kappa shape index (κ1) is 24.4. The minimum Gasteiger partial charge on any atom is -0.296 e. The maximum Gasteiger partial charge on any atom is 0.146 e. The van der Waals surface area contributed by atoms with Crippen LogP contribution in [0.25, 0.3) is 27.5 Å². The Balaban J connectivity index is 0.000000463. The lowest BCUT2D eigenvalue weighted by molar-refractivity contribution is 0.564. The van der Waals surface area contributed by atoms with E-state index in [1.807, 2.05) is 19.9 Å². The molecule has 0 spiro atoms. The molecule has 0 aliphatic carbocycles. The number of nitrogens with zero attached hydrogens (tertiary/aromatic N) is 2. The van der Waals surface area contributed by atoms with Crippen LogP contribution >= 0.6 is 0 Å². The number of rotatable bonds is 1. The molecule has 2 heterocycles. The Morgan fingerprint density at radius 1 is 0.862 bits per heavy atom. The fourth-order valence-corrected chi connectivity index (χ4v) is 3.04. The summed E-state index contributed by atoms with van der Waals surface area (Å²) in [7, 11) is 0. The van der Waals surface area contributed by atoms with E-state index in [9.17, 15) is 0 Å². The van der Waals surface area contributed by atoms with Gasteiger partial charge in [0.2, 0.25) is 0 Å². The Morgan fingerprint density at radius 2 is 1.41 bits per heavy atom. The molecule has 0 amide bonds. The summed E-state index contributed by atoms with van der Waals surface area (Å²) in [5.74, 6) is 0. The van der Waals surface area contributed by atoms with Crippen LogP contribution in [0, 0.1) is 0 Å². The van der Waals surface area contributed by atoms with Crippen LogP contribution in [-0.2, 0) is 5.41 Å². The molecule has 0 unspecified atom stereocenters. The van der Waals surface area contributed by atoms with Crippen molar-refractivity contribution in [2.75, 3.05) is 0 Å². The van der Waals surface area contributed by atoms with Crippen LogP contribution in [0.2, 0.25) is 0 Å². The van der Waals surface area contributed by atoms with Gasteiger partial charge in [0.1, 0.15) is 5.65 Å². The Bertz CT molecular complexity index is 1020. The molecule has 4 aromatic rings. The highest BCUT2D eigenvalue weighted by Gasteiger charge is 2.21. The van der Waals surface area contributed by atoms with Crippen molar-refractivity contribution < 1.29 is 0 Å². The van der Waals surface area contributed by atoms with E-state index in [-0.39, 0.29) is 5.41 Å². The van der Waals surface area contributed by atoms with Gasteiger partial charge in [-0.15, -0.1) is 13.2 Å². The van der Waals surface area contributed by atoms with Gasteiger partial charge >= 0.3 is 0 Å². The zero-order valence-electron chi connectivity index (χ0n) is 19.4. The van der Waals surface area contributed by atoms with Crippen LogP contribution in [0.5, 0.6) is 0 Å². The van der Waals surface area contributed by atoms with E-state index < -0.39 is 0 Å². The molecule has 156 valence electrons. The third-order valence-corrected chi connectivity index (χ3v) is 4.56. The number of para-hydroxylation sites is 2. The molecule has 0 radical (unpaired) electrons. The number of aromatic nitrogens is 2. The van der Waals surface area contributed by atoms with Crippen LogP contribution in [0.4, 0.5) is 0 Å². The molecule has 0 bridgehead atoms. The molecule has 2 nitrogen and oxygen atoms in total. The van der Waals surface area contributed by atoms with Crippen molar-refractivity contribution in [2.45, 2.75) is 66.7 Å². The van der Waals surface area contributed by atoms with Crippen molar-refractivity contribution in [2.24, 2.45) is 0 Å². The Hall–Kier alpha value is -2.61. The molecule has 4 rings (SSSR count). The van der Waals surface area contributed by atoms with Gasteiger partial charge in [0.25, 0.3) is 0 Å². The molecule has 0 aliphatic heterocycles. The third-order valence-electron chi connectivity index (χ3n) is 4.56. The van der Waals surface area contributed by atoms with Crippen LogP contribution in [-0.4, -0.2) is 9.38 Å². The summed E-state index contributed by atoms with van der Waals surface area (Å²) in [6, 6.07) is 19.2. The predicted molar refractivity (Wildman–Crippen MR) is 132 cm³/mol. The maximum atomic E-state index is 4.88. The highest BCUT2D eigenvalue weighted by atomic mass is 15.0. The summed E-state index contributed by atoms with van der Waals surface area (Å²) < 4.78 is 2.32. The molecule has 29 heavy (non-hydrogen) atoms. The van der Waals surface area contributed by atoms with Crippen molar-refractivity contribution in [3.63, 3.8) is 0 Å². The molecule has 2 aromatic heterocycles. The van der Waals surface area contributed by atoms with Crippen LogP contribution in [0.1, 0.15) is 67.0 Å². The second-order valence-corrected chi connectivity index (χ2v) is 7.63. The van der Waals surface area contributed by atoms with E-state index in [1.54, 1.807) is 0 Å². The Morgan fingerprint density at radius 3 is 2.00 bits per heavy atom. The number of pyridine rings is 1. The Kier molecular flexibility index (Phi) is 9.61. The molecule has 0 saturated heterocycles. The van der Waals surface area contributed by atoms with Crippen molar-refractivity contribution >= 4 is 27.5 Å². The molecular formula is C27H38N2. The monoisotopic (exact) mass is 390 g/mol. The van der Waals surface area contributed by atoms with Crippen LogP contribution < -0.4 is 0 Å². The molecule has 0 aliphatic rings. The van der Waals surface area contributed by atoms with Gasteiger partial charge in [0.15, 0.2) is 0 Å². The van der Waals surface area contributed by atoms with Gasteiger partial charge < -0.3 is 0 Å². The summed E-state index contributed by atoms with van der Waals surface area (Å²) in [4.78, 5) is 4.88. The normalized spacial score (nSPS) is 10.4. The summed E-state index contributed by atoms with van der Waals surface area (Å²) in [5, 5.41) is 2.46. The van der Waals surface area contributed by atoms with E-state index in [1.165, 1.54) is 34.8 Å². The Labute approximate surface area is 177 Å². The van der Waals surface area contributed by atoms with Crippen LogP contribution in [0.3, 0.4) is 0 Å². The molecule has 2 aromatic carbocycles. The van der Waals surface area contributed by atoms with Gasteiger partial charge in [0.05, 0.1) is 11.0 Å². The average molecular weight is 391 g/mol. The van der Waals surface area contributed by atoms with E-state index in [0.29, 0.717) is 0 Å². The SMILES string of the molecule is C=C.CC.CC(C)(C)c1cc2ccccc2c2nc3ccccc3n12.CCCC. The molecular weight excluding hydrogens is 352 g/mol. The molecule has 0 saturated carbocycles. The van der Waals surface area contributed by atoms with Gasteiger partial charge in [-0.05, 0) is 23.6 Å². The van der Waals surface area contributed by atoms with Gasteiger partial charge in [-0.3, -0.25) is 4.40 Å². The van der Waals surface area contributed by atoms with Crippen molar-refractivity contribution in [3.8, 4) is 0 Å². The van der Waals surface area contributed by atoms with E-state index in [4.69, 9.17) is 4.98 Å². The zero-order valence-corrected chi connectivity index (χ0v) is 19.4. The third kappa shape index (κ3) is 5.47. The van der Waals surface area contributed by atoms with Gasteiger partial charge in [-0.1, -0.05) is 97.7 Å². The fraction of sp³-hybridized carbons (Fsp3) is 0.370. The van der Waals surface area contributed by atoms with Crippen molar-refractivity contribution in [1.82, 2.24) is 9.38 Å². The second-order valence-electron chi connectivity index (χ2n) is 7.63. The van der Waals surface area contributed by atoms with E-state index >= 15 is 0 Å². The van der Waals surface area contributed by atoms with Crippen molar-refractivity contribution in [3.05, 3.63) is 73.4 Å². The van der Waals surface area contributed by atoms with Gasteiger partial charge in [-0.2, -0.15) is 0 Å². The summed E-state index contributed by atoms with van der Waals surface area (Å²) in [6.45, 7) is 21.1. The first-order valence-corrected chi connectivity index (χ1v) is 10.8. The average Bonchev–Trinajstić information content (AvgIpc) is 3.15. The highest BCUT2D eigenvalue weighted by molar-refractivity contribution is 5.98. The summed E-state index contributed by atoms with van der Waals surface area (Å²) in [5.41, 5.74) is 4.65. The lowest BCUT2D eigenvalue weighted by atomic mass is 9.90. The number of hydrogen-bond donors (Lipinski definition) is 0. The quantitative estimate of drug-likeness (QED) is 0.297. The smallest absolute Gasteiger partial charge is 0.146 e. The predicted octanol–water partition coefficient (Wildman–Crippen LogP) is 8.57. The van der Waals surface area contributed by atoms with Gasteiger partial charge in [-0.25, -0.2) is 4.98 Å².